The molecule has 6 nitrogen and oxygen atoms in total. The molecule has 1 aliphatic heterocycles. The molecule has 2 fully saturated rings. The lowest BCUT2D eigenvalue weighted by atomic mass is 9.92. The highest BCUT2D eigenvalue weighted by atomic mass is 16.6. The lowest BCUT2D eigenvalue weighted by molar-refractivity contribution is 0.0124. The number of hydrazone groups is 1. The molecule has 3 N–H and O–H groups in total. The van der Waals surface area contributed by atoms with Crippen LogP contribution in [0.5, 0.6) is 0 Å². The van der Waals surface area contributed by atoms with Crippen LogP contribution in [0.4, 0.5) is 4.79 Å². The molecule has 0 aromatic carbocycles. The topological polar surface area (TPSA) is 80.0 Å². The van der Waals surface area contributed by atoms with Crippen molar-refractivity contribution in [3.05, 3.63) is 0 Å². The van der Waals surface area contributed by atoms with Gasteiger partial charge in [-0.1, -0.05) is 0 Å². The minimum absolute atomic E-state index is 0.197. The third kappa shape index (κ3) is 3.35. The predicted molar refractivity (Wildman–Crippen MR) is 78.2 cm³/mol. The van der Waals surface area contributed by atoms with Crippen molar-refractivity contribution in [2.75, 3.05) is 13.1 Å². The van der Waals surface area contributed by atoms with Gasteiger partial charge in [0.05, 0.1) is 0 Å². The Labute approximate surface area is 120 Å². The highest BCUT2D eigenvalue weighted by Gasteiger charge is 2.44. The van der Waals surface area contributed by atoms with Gasteiger partial charge in [0.2, 0.25) is 0 Å². The minimum Gasteiger partial charge on any atom is -0.444 e. The van der Waals surface area contributed by atoms with Gasteiger partial charge in [-0.2, -0.15) is 5.10 Å². The number of nitrogens with two attached hydrogens (primary N) is 1. The van der Waals surface area contributed by atoms with Gasteiger partial charge < -0.3 is 20.8 Å². The van der Waals surface area contributed by atoms with Gasteiger partial charge in [-0.15, -0.1) is 0 Å². The lowest BCUT2D eigenvalue weighted by Gasteiger charge is -2.39. The van der Waals surface area contributed by atoms with Gasteiger partial charge in [-0.05, 0) is 52.4 Å². The second-order valence-corrected chi connectivity index (χ2v) is 6.87. The number of piperidine rings is 1. The van der Waals surface area contributed by atoms with Crippen molar-refractivity contribution in [1.82, 2.24) is 10.2 Å². The maximum Gasteiger partial charge on any atom is 0.410 e. The molecule has 1 saturated carbocycles. The zero-order chi connectivity index (χ0) is 14.9. The Balaban J connectivity index is 1.97. The van der Waals surface area contributed by atoms with Crippen LogP contribution in [0.25, 0.3) is 0 Å². The third-order valence-electron chi connectivity index (χ3n) is 4.05. The highest BCUT2D eigenvalue weighted by molar-refractivity contribution is 5.79. The number of hydrogen-bond donors (Lipinski definition) is 2. The van der Waals surface area contributed by atoms with E-state index in [0.717, 1.165) is 31.8 Å². The number of amides is 1. The molecule has 2 rings (SSSR count). The van der Waals surface area contributed by atoms with Gasteiger partial charge in [0.1, 0.15) is 11.4 Å². The molecule has 3 atom stereocenters. The first kappa shape index (κ1) is 14.9. The fourth-order valence-electron chi connectivity index (χ4n) is 3.21. The van der Waals surface area contributed by atoms with E-state index >= 15 is 0 Å². The van der Waals surface area contributed by atoms with Crippen molar-refractivity contribution in [1.29, 1.82) is 0 Å². The highest BCUT2D eigenvalue weighted by Crippen LogP contribution is 2.37. The molecule has 0 radical (unpaired) electrons. The SMILES string of the molecule is C/C(=N\N)N[C@@H]1[C@@H]2CC[C@H]1CN(C(=O)OC(C)(C)C)C2. The summed E-state index contributed by atoms with van der Waals surface area (Å²) in [6.07, 6.45) is 2.08. The zero-order valence-electron chi connectivity index (χ0n) is 12.8. The number of carbonyl (C=O) groups excluding carboxylic acids is 1. The van der Waals surface area contributed by atoms with Gasteiger partial charge in [-0.3, -0.25) is 0 Å². The molecule has 2 aliphatic rings. The van der Waals surface area contributed by atoms with Crippen molar-refractivity contribution < 1.29 is 9.53 Å². The van der Waals surface area contributed by atoms with Crippen LogP contribution in [0.15, 0.2) is 5.10 Å². The standard InChI is InChI=1S/C14H26N4O2/c1-9(17-15)16-12-10-5-6-11(12)8-18(7-10)13(19)20-14(2,3)4/h10-12H,5-8,15H2,1-4H3,(H,16,17)/t10-,11+,12-. The van der Waals surface area contributed by atoms with Gasteiger partial charge in [-0.25, -0.2) is 4.79 Å². The Morgan fingerprint density at radius 2 is 1.85 bits per heavy atom. The molecule has 6 heteroatoms. The molecule has 0 unspecified atom stereocenters. The average Bonchev–Trinajstić information content (AvgIpc) is 2.59. The van der Waals surface area contributed by atoms with E-state index in [1.165, 1.54) is 0 Å². The summed E-state index contributed by atoms with van der Waals surface area (Å²) in [5.74, 6) is 6.96. The number of hydrogen-bond acceptors (Lipinski definition) is 4. The van der Waals surface area contributed by atoms with Crippen LogP contribution in [0.1, 0.15) is 40.5 Å². The number of amidine groups is 1. The Morgan fingerprint density at radius 3 is 2.30 bits per heavy atom. The summed E-state index contributed by atoms with van der Waals surface area (Å²) in [6, 6.07) is 0.376. The number of nitrogens with one attached hydrogen (secondary N) is 1. The average molecular weight is 282 g/mol. The molecular formula is C14H26N4O2. The molecule has 114 valence electrons. The predicted octanol–water partition coefficient (Wildman–Crippen LogP) is 1.51. The number of carbonyl (C=O) groups is 1. The summed E-state index contributed by atoms with van der Waals surface area (Å²) >= 11 is 0. The van der Waals surface area contributed by atoms with Crippen LogP contribution in [0, 0.1) is 11.8 Å². The zero-order valence-corrected chi connectivity index (χ0v) is 12.8. The fraction of sp³-hybridized carbons (Fsp3) is 0.857. The quantitative estimate of drug-likeness (QED) is 0.331. The van der Waals surface area contributed by atoms with E-state index in [1.54, 1.807) is 0 Å². The normalized spacial score (nSPS) is 30.3. The number of fused-ring (bicyclic) bond motifs is 2. The number of rotatable bonds is 1. The van der Waals surface area contributed by atoms with E-state index in [1.807, 2.05) is 32.6 Å². The summed E-state index contributed by atoms with van der Waals surface area (Å²) in [5, 5.41) is 7.07. The summed E-state index contributed by atoms with van der Waals surface area (Å²) < 4.78 is 5.46. The van der Waals surface area contributed by atoms with Crippen molar-refractivity contribution in [2.45, 2.75) is 52.2 Å². The summed E-state index contributed by atoms with van der Waals surface area (Å²) in [4.78, 5) is 14.0. The minimum atomic E-state index is -0.436. The Hall–Kier alpha value is -1.46. The van der Waals surface area contributed by atoms with E-state index in [2.05, 4.69) is 10.4 Å². The Bertz CT molecular complexity index is 388. The van der Waals surface area contributed by atoms with E-state index in [0.29, 0.717) is 17.9 Å². The molecule has 1 aliphatic carbocycles. The van der Waals surface area contributed by atoms with E-state index in [9.17, 15) is 4.79 Å². The number of likely N-dealkylation sites (tertiary alicyclic amines) is 1. The first-order valence-electron chi connectivity index (χ1n) is 7.29. The van der Waals surface area contributed by atoms with Gasteiger partial charge in [0.25, 0.3) is 0 Å². The van der Waals surface area contributed by atoms with Crippen molar-refractivity contribution >= 4 is 11.9 Å². The van der Waals surface area contributed by atoms with Gasteiger partial charge in [0, 0.05) is 19.1 Å². The number of ether oxygens (including phenoxy) is 1. The van der Waals surface area contributed by atoms with Gasteiger partial charge >= 0.3 is 6.09 Å². The first-order valence-corrected chi connectivity index (χ1v) is 7.29. The molecule has 1 heterocycles. The van der Waals surface area contributed by atoms with Crippen LogP contribution >= 0.6 is 0 Å². The smallest absolute Gasteiger partial charge is 0.410 e. The van der Waals surface area contributed by atoms with Crippen LogP contribution in [-0.2, 0) is 4.74 Å². The molecule has 20 heavy (non-hydrogen) atoms. The van der Waals surface area contributed by atoms with E-state index in [4.69, 9.17) is 10.6 Å². The van der Waals surface area contributed by atoms with Crippen molar-refractivity contribution in [3.8, 4) is 0 Å². The van der Waals surface area contributed by atoms with Crippen LogP contribution < -0.4 is 11.2 Å². The number of nitrogens with zero attached hydrogens (tertiary/aromatic N) is 2. The van der Waals surface area contributed by atoms with E-state index < -0.39 is 5.60 Å². The monoisotopic (exact) mass is 282 g/mol. The van der Waals surface area contributed by atoms with Crippen molar-refractivity contribution in [2.24, 2.45) is 22.8 Å². The third-order valence-corrected chi connectivity index (χ3v) is 4.05. The first-order chi connectivity index (χ1) is 9.30. The molecule has 1 amide bonds. The summed E-state index contributed by atoms with van der Waals surface area (Å²) in [5.41, 5.74) is -0.436. The largest absolute Gasteiger partial charge is 0.444 e. The van der Waals surface area contributed by atoms with Gasteiger partial charge in [0.15, 0.2) is 0 Å². The van der Waals surface area contributed by atoms with Crippen LogP contribution in [0.2, 0.25) is 0 Å². The molecule has 2 bridgehead atoms. The molecule has 0 spiro atoms. The Morgan fingerprint density at radius 1 is 1.30 bits per heavy atom. The second-order valence-electron chi connectivity index (χ2n) is 6.87. The summed E-state index contributed by atoms with van der Waals surface area (Å²) in [6.45, 7) is 9.07. The molecule has 0 aromatic rings. The summed E-state index contributed by atoms with van der Waals surface area (Å²) in [7, 11) is 0. The van der Waals surface area contributed by atoms with Crippen LogP contribution in [0.3, 0.4) is 0 Å². The lowest BCUT2D eigenvalue weighted by Crippen LogP contribution is -2.54. The maximum absolute atomic E-state index is 12.2. The molecule has 1 saturated heterocycles. The fourth-order valence-corrected chi connectivity index (χ4v) is 3.21. The van der Waals surface area contributed by atoms with E-state index in [-0.39, 0.29) is 6.09 Å². The maximum atomic E-state index is 12.2. The van der Waals surface area contributed by atoms with Crippen molar-refractivity contribution in [3.63, 3.8) is 0 Å². The molecular weight excluding hydrogens is 256 g/mol. The second kappa shape index (κ2) is 5.50. The molecule has 0 aromatic heterocycles. The Kier molecular flexibility index (Phi) is 4.11. The van der Waals surface area contributed by atoms with Crippen LogP contribution in [-0.4, -0.2) is 41.6 Å².